The molecule has 1 fully saturated rings. The van der Waals surface area contributed by atoms with E-state index in [1.807, 2.05) is 18.2 Å². The van der Waals surface area contributed by atoms with E-state index in [9.17, 15) is 27.1 Å². The third-order valence-corrected chi connectivity index (χ3v) is 9.25. The lowest BCUT2D eigenvalue weighted by Gasteiger charge is -2.32. The SMILES string of the molecule is CC(C)(C)N(C(=O)O)c1ccc(-c2ccc3c(c2)ncn3-c2cc(NS(=O)(=O)C3CC3)cc(-c3ccc(F)cc3F)c2)cn1. The van der Waals surface area contributed by atoms with E-state index < -0.39 is 38.5 Å². The fraction of sp³-hybridized carbons (Fsp3) is 0.219. The Morgan fingerprint density at radius 2 is 1.70 bits per heavy atom. The van der Waals surface area contributed by atoms with Crippen molar-refractivity contribution in [3.63, 3.8) is 0 Å². The number of fused-ring (bicyclic) bond motifs is 1. The van der Waals surface area contributed by atoms with Crippen LogP contribution in [0.3, 0.4) is 0 Å². The highest BCUT2D eigenvalue weighted by Gasteiger charge is 2.36. The molecule has 0 saturated heterocycles. The highest BCUT2D eigenvalue weighted by molar-refractivity contribution is 7.93. The third-order valence-electron chi connectivity index (χ3n) is 7.38. The number of carboxylic acid groups (broad SMARTS) is 1. The van der Waals surface area contributed by atoms with Gasteiger partial charge in [-0.1, -0.05) is 6.07 Å². The van der Waals surface area contributed by atoms with Crippen LogP contribution >= 0.6 is 0 Å². The predicted octanol–water partition coefficient (Wildman–Crippen LogP) is 7.22. The first-order valence-corrected chi connectivity index (χ1v) is 15.4. The summed E-state index contributed by atoms with van der Waals surface area (Å²) < 4.78 is 58.4. The summed E-state index contributed by atoms with van der Waals surface area (Å²) in [4.78, 5) is 22.0. The van der Waals surface area contributed by atoms with Crippen LogP contribution in [0.2, 0.25) is 0 Å². The van der Waals surface area contributed by atoms with E-state index >= 15 is 0 Å². The monoisotopic (exact) mass is 617 g/mol. The number of amides is 1. The summed E-state index contributed by atoms with van der Waals surface area (Å²) in [6, 6.07) is 17.1. The fourth-order valence-electron chi connectivity index (χ4n) is 5.13. The van der Waals surface area contributed by atoms with Gasteiger partial charge in [0.25, 0.3) is 0 Å². The van der Waals surface area contributed by atoms with Gasteiger partial charge in [0.15, 0.2) is 0 Å². The zero-order valence-electron chi connectivity index (χ0n) is 24.1. The average molecular weight is 618 g/mol. The number of hydrogen-bond donors (Lipinski definition) is 2. The van der Waals surface area contributed by atoms with E-state index in [0.717, 1.165) is 23.3 Å². The molecule has 1 aliphatic rings. The third kappa shape index (κ3) is 5.72. The van der Waals surface area contributed by atoms with Crippen molar-refractivity contribution >= 4 is 38.7 Å². The lowest BCUT2D eigenvalue weighted by Crippen LogP contribution is -2.45. The van der Waals surface area contributed by atoms with Crippen LogP contribution in [0, 0.1) is 11.6 Å². The van der Waals surface area contributed by atoms with Crippen LogP contribution in [0.25, 0.3) is 39.0 Å². The Kier molecular flexibility index (Phi) is 7.11. The van der Waals surface area contributed by atoms with Crippen LogP contribution in [0.1, 0.15) is 33.6 Å². The van der Waals surface area contributed by atoms with Crippen molar-refractivity contribution in [3.05, 3.63) is 90.9 Å². The first-order chi connectivity index (χ1) is 20.8. The Morgan fingerprint density at radius 3 is 2.34 bits per heavy atom. The molecular weight excluding hydrogens is 588 g/mol. The predicted molar refractivity (Wildman–Crippen MR) is 165 cm³/mol. The summed E-state index contributed by atoms with van der Waals surface area (Å²) in [6.07, 6.45) is 3.25. The fourth-order valence-corrected chi connectivity index (χ4v) is 6.50. The molecule has 6 rings (SSSR count). The summed E-state index contributed by atoms with van der Waals surface area (Å²) in [5.41, 5.74) is 3.49. The van der Waals surface area contributed by atoms with E-state index in [1.165, 1.54) is 17.0 Å². The zero-order valence-corrected chi connectivity index (χ0v) is 24.9. The molecule has 2 aromatic heterocycles. The summed E-state index contributed by atoms with van der Waals surface area (Å²) in [7, 11) is -3.61. The van der Waals surface area contributed by atoms with Gasteiger partial charge in [-0.2, -0.15) is 0 Å². The molecule has 9 nitrogen and oxygen atoms in total. The molecule has 2 N–H and O–H groups in total. The maximum atomic E-state index is 14.8. The molecule has 0 aliphatic heterocycles. The van der Waals surface area contributed by atoms with Crippen molar-refractivity contribution in [1.82, 2.24) is 14.5 Å². The number of benzene rings is 3. The molecule has 0 spiro atoms. The number of hydrogen-bond acceptors (Lipinski definition) is 5. The van der Waals surface area contributed by atoms with Gasteiger partial charge in [-0.05, 0) is 99.3 Å². The van der Waals surface area contributed by atoms with Crippen molar-refractivity contribution in [1.29, 1.82) is 0 Å². The Hall–Kier alpha value is -4.84. The normalized spacial score (nSPS) is 13.7. The Bertz CT molecular complexity index is 2020. The summed E-state index contributed by atoms with van der Waals surface area (Å²) in [6.45, 7) is 5.37. The van der Waals surface area contributed by atoms with Gasteiger partial charge in [0.2, 0.25) is 10.0 Å². The number of halogens is 2. The molecule has 1 aliphatic carbocycles. The lowest BCUT2D eigenvalue weighted by molar-refractivity contribution is 0.195. The van der Waals surface area contributed by atoms with E-state index in [-0.39, 0.29) is 11.3 Å². The summed E-state index contributed by atoms with van der Waals surface area (Å²) >= 11 is 0. The van der Waals surface area contributed by atoms with Crippen LogP contribution in [0.4, 0.5) is 25.1 Å². The van der Waals surface area contributed by atoms with Crippen LogP contribution in [0.15, 0.2) is 79.3 Å². The van der Waals surface area contributed by atoms with Crippen LogP contribution in [0.5, 0.6) is 0 Å². The second-order valence-electron chi connectivity index (χ2n) is 11.8. The molecule has 0 bridgehead atoms. The summed E-state index contributed by atoms with van der Waals surface area (Å²) in [5, 5.41) is 9.21. The maximum Gasteiger partial charge on any atom is 0.413 e. The summed E-state index contributed by atoms with van der Waals surface area (Å²) in [5.74, 6) is -1.18. The van der Waals surface area contributed by atoms with Gasteiger partial charge < -0.3 is 5.11 Å². The Morgan fingerprint density at radius 1 is 0.955 bits per heavy atom. The van der Waals surface area contributed by atoms with Crippen LogP contribution < -0.4 is 9.62 Å². The first kappa shape index (κ1) is 29.2. The number of sulfonamides is 1. The van der Waals surface area contributed by atoms with Crippen molar-refractivity contribution in [2.75, 3.05) is 9.62 Å². The Labute approximate surface area is 252 Å². The Balaban J connectivity index is 1.38. The van der Waals surface area contributed by atoms with Crippen molar-refractivity contribution in [2.24, 2.45) is 0 Å². The molecule has 12 heteroatoms. The highest BCUT2D eigenvalue weighted by atomic mass is 32.2. The number of pyridine rings is 1. The molecule has 44 heavy (non-hydrogen) atoms. The van der Waals surface area contributed by atoms with Crippen molar-refractivity contribution in [3.8, 4) is 27.9 Å². The van der Waals surface area contributed by atoms with Crippen LogP contribution in [-0.2, 0) is 10.0 Å². The number of nitrogens with zero attached hydrogens (tertiary/aromatic N) is 4. The molecule has 2 heterocycles. The number of anilines is 2. The molecule has 5 aromatic rings. The standard InChI is InChI=1S/C32H29F2N5O4S/c1-32(2,3)39(31(40)41)30-11-5-20(17-35-30)19-4-10-29-28(14-19)36-18-38(29)24-13-21(26-9-6-22(33)15-27(26)34)12-23(16-24)37-44(42,43)25-7-8-25/h4-6,9-18,25,37H,7-8H2,1-3H3,(H,40,41). The maximum absolute atomic E-state index is 14.8. The molecular formula is C32H29F2N5O4S. The van der Waals surface area contributed by atoms with Crippen molar-refractivity contribution < 1.29 is 27.1 Å². The minimum atomic E-state index is -3.61. The second kappa shape index (κ2) is 10.7. The second-order valence-corrected chi connectivity index (χ2v) is 13.7. The van der Waals surface area contributed by atoms with Gasteiger partial charge in [0.05, 0.1) is 22.0 Å². The number of rotatable bonds is 7. The molecule has 1 saturated carbocycles. The average Bonchev–Trinajstić information content (AvgIpc) is 3.73. The minimum Gasteiger partial charge on any atom is -0.465 e. The van der Waals surface area contributed by atoms with Gasteiger partial charge in [0.1, 0.15) is 23.8 Å². The largest absolute Gasteiger partial charge is 0.465 e. The molecule has 0 atom stereocenters. The van der Waals surface area contributed by atoms with Gasteiger partial charge in [-0.3, -0.25) is 14.2 Å². The minimum absolute atomic E-state index is 0.121. The van der Waals surface area contributed by atoms with E-state index in [0.29, 0.717) is 40.9 Å². The topological polar surface area (TPSA) is 117 Å². The van der Waals surface area contributed by atoms with Gasteiger partial charge >= 0.3 is 6.09 Å². The van der Waals surface area contributed by atoms with E-state index in [1.54, 1.807) is 62.1 Å². The van der Waals surface area contributed by atoms with E-state index in [4.69, 9.17) is 0 Å². The smallest absolute Gasteiger partial charge is 0.413 e. The van der Waals surface area contributed by atoms with Crippen LogP contribution in [-0.4, -0.2) is 44.9 Å². The number of aromatic nitrogens is 3. The first-order valence-electron chi connectivity index (χ1n) is 13.9. The molecule has 3 aromatic carbocycles. The molecule has 0 unspecified atom stereocenters. The molecule has 226 valence electrons. The molecule has 1 amide bonds. The van der Waals surface area contributed by atoms with Crippen molar-refractivity contribution in [2.45, 2.75) is 44.4 Å². The lowest BCUT2D eigenvalue weighted by atomic mass is 10.0. The van der Waals surface area contributed by atoms with Gasteiger partial charge in [-0.25, -0.2) is 32.0 Å². The quantitative estimate of drug-likeness (QED) is 0.199. The van der Waals surface area contributed by atoms with Gasteiger partial charge in [0, 0.05) is 34.6 Å². The highest BCUT2D eigenvalue weighted by Crippen LogP contribution is 2.35. The number of imidazole rings is 1. The molecule has 0 radical (unpaired) electrons. The van der Waals surface area contributed by atoms with Gasteiger partial charge in [-0.15, -0.1) is 0 Å². The number of nitrogens with one attached hydrogen (secondary N) is 1. The number of carbonyl (C=O) groups is 1. The van der Waals surface area contributed by atoms with E-state index in [2.05, 4.69) is 14.7 Å². The zero-order chi connectivity index (χ0) is 31.4.